The Balaban J connectivity index is 2.24. The molecule has 0 aliphatic heterocycles. The smallest absolute Gasteiger partial charge is 0.134 e. The maximum Gasteiger partial charge on any atom is 0.134 e. The van der Waals surface area contributed by atoms with Crippen molar-refractivity contribution in [2.45, 2.75) is 286 Å². The van der Waals surface area contributed by atoms with Crippen LogP contribution in [0.4, 0.5) is 0 Å². The minimum Gasteiger partial charge on any atom is -0.493 e. The largest absolute Gasteiger partial charge is 0.493 e. The Labute approximate surface area is 564 Å². The van der Waals surface area contributed by atoms with Gasteiger partial charge in [0.05, 0.1) is 44.1 Å². The van der Waals surface area contributed by atoms with Crippen molar-refractivity contribution in [2.75, 3.05) is 39.6 Å². The molecule has 7 heteroatoms. The molecule has 0 unspecified atom stereocenters. The van der Waals surface area contributed by atoms with E-state index in [0.29, 0.717) is 87.0 Å². The second-order valence-electron chi connectivity index (χ2n) is 31.0. The van der Waals surface area contributed by atoms with E-state index in [1.54, 1.807) is 0 Å². The molecule has 0 aliphatic carbocycles. The summed E-state index contributed by atoms with van der Waals surface area (Å²) in [7, 11) is 0. The molecule has 0 aliphatic rings. The number of hydrogen-bond donors (Lipinski definition) is 0. The molecule has 514 valence electrons. The zero-order valence-electron chi connectivity index (χ0n) is 61.7. The molecule has 3 aromatic carbocycles. The highest BCUT2D eigenvalue weighted by molar-refractivity contribution is 9.10. The Morgan fingerprint density at radius 1 is 0.256 bits per heavy atom. The van der Waals surface area contributed by atoms with Crippen molar-refractivity contribution in [3.8, 4) is 34.5 Å². The van der Waals surface area contributed by atoms with Crippen LogP contribution in [0.1, 0.15) is 307 Å². The van der Waals surface area contributed by atoms with Gasteiger partial charge in [0, 0.05) is 22.3 Å². The van der Waals surface area contributed by atoms with Crippen LogP contribution in [0.3, 0.4) is 0 Å². The monoisotopic (exact) mass is 1310 g/mol. The van der Waals surface area contributed by atoms with Crippen molar-refractivity contribution in [1.29, 1.82) is 0 Å². The van der Waals surface area contributed by atoms with Crippen molar-refractivity contribution in [1.82, 2.24) is 0 Å². The molecule has 0 fully saturated rings. The van der Waals surface area contributed by atoms with Gasteiger partial charge in [0.1, 0.15) is 34.5 Å². The van der Waals surface area contributed by atoms with Gasteiger partial charge in [-0.2, -0.15) is 0 Å². The van der Waals surface area contributed by atoms with E-state index in [-0.39, 0.29) is 0 Å². The van der Waals surface area contributed by atoms with Gasteiger partial charge in [-0.1, -0.05) is 265 Å². The van der Waals surface area contributed by atoms with E-state index in [9.17, 15) is 0 Å². The van der Waals surface area contributed by atoms with Crippen LogP contribution in [0.25, 0.3) is 24.3 Å². The van der Waals surface area contributed by atoms with E-state index in [1.165, 1.54) is 116 Å². The first-order valence-electron chi connectivity index (χ1n) is 37.2. The maximum atomic E-state index is 7.03. The molecule has 3 rings (SSSR count). The summed E-state index contributed by atoms with van der Waals surface area (Å²) in [5, 5.41) is 0. The van der Waals surface area contributed by atoms with Gasteiger partial charge in [-0.25, -0.2) is 0 Å². The third kappa shape index (κ3) is 36.8. The molecule has 0 aromatic heterocycles. The van der Waals surface area contributed by atoms with Crippen LogP contribution < -0.4 is 28.4 Å². The molecule has 0 spiro atoms. The van der Waals surface area contributed by atoms with Crippen LogP contribution in [-0.2, 0) is 0 Å². The highest BCUT2D eigenvalue weighted by Crippen LogP contribution is 2.39. The standard InChI is InChI=1S/C83H139BrO6/c1-60(2)26-20-32-66(13)42-48-85-78-55-73(79(54-72(78)19)86-49-43-67(14)33-21-27-61(3)4)38-39-74-56-81(88-51-45-69(16)35-23-29-63(7)8)75(57-80(74)87-50-44-68(15)34-22-28-62(5)6)40-41-76-58-83(90-53-47-71(18)37-25-31-65(11)12)77(84)59-82(76)89-52-46-70(17)36-24-30-64(9)10/h38-41,54-71H,20-37,42-53H2,1-19H3/b39-38+,41-40+/t66-,67-,68-,69-,70-,71-/m0/s1. The van der Waals surface area contributed by atoms with Crippen LogP contribution >= 0.6 is 15.9 Å². The molecule has 0 N–H and O–H groups in total. The lowest BCUT2D eigenvalue weighted by Gasteiger charge is -2.19. The lowest BCUT2D eigenvalue weighted by molar-refractivity contribution is 0.267. The van der Waals surface area contributed by atoms with Gasteiger partial charge in [-0.15, -0.1) is 0 Å². The van der Waals surface area contributed by atoms with E-state index in [2.05, 4.69) is 208 Å². The van der Waals surface area contributed by atoms with Crippen molar-refractivity contribution >= 4 is 40.2 Å². The fraction of sp³-hybridized carbons (Fsp3) is 0.735. The first kappa shape index (κ1) is 80.7. The van der Waals surface area contributed by atoms with Crippen molar-refractivity contribution in [2.24, 2.45) is 71.0 Å². The predicted molar refractivity (Wildman–Crippen MR) is 397 cm³/mol. The molecule has 0 heterocycles. The summed E-state index contributed by atoms with van der Waals surface area (Å²) in [6.45, 7) is 48.3. The van der Waals surface area contributed by atoms with Gasteiger partial charge in [0.25, 0.3) is 0 Å². The highest BCUT2D eigenvalue weighted by atomic mass is 79.9. The minimum absolute atomic E-state index is 0.557. The Morgan fingerprint density at radius 3 is 0.711 bits per heavy atom. The zero-order chi connectivity index (χ0) is 66.4. The van der Waals surface area contributed by atoms with Crippen LogP contribution in [0.2, 0.25) is 0 Å². The second-order valence-corrected chi connectivity index (χ2v) is 31.8. The van der Waals surface area contributed by atoms with Gasteiger partial charge in [0.15, 0.2) is 0 Å². The summed E-state index contributed by atoms with van der Waals surface area (Å²) in [5.74, 6) is 13.1. The fourth-order valence-electron chi connectivity index (χ4n) is 11.8. The predicted octanol–water partition coefficient (Wildman–Crippen LogP) is 26.5. The molecule has 0 saturated carbocycles. The average molecular weight is 1310 g/mol. The molecular formula is C83H139BrO6. The number of halogens is 1. The van der Waals surface area contributed by atoms with Gasteiger partial charge >= 0.3 is 0 Å². The Hall–Kier alpha value is -3.58. The average Bonchev–Trinajstić information content (AvgIpc) is 1.04. The third-order valence-corrected chi connectivity index (χ3v) is 19.1. The minimum atomic E-state index is 0.557. The first-order chi connectivity index (χ1) is 42.9. The van der Waals surface area contributed by atoms with Gasteiger partial charge < -0.3 is 28.4 Å². The molecular weight excluding hydrogens is 1170 g/mol. The van der Waals surface area contributed by atoms with Gasteiger partial charge in [-0.3, -0.25) is 0 Å². The fourth-order valence-corrected chi connectivity index (χ4v) is 12.2. The summed E-state index contributed by atoms with van der Waals surface area (Å²) in [6.07, 6.45) is 37.4. The van der Waals surface area contributed by atoms with Crippen molar-refractivity contribution < 1.29 is 28.4 Å². The molecule has 0 radical (unpaired) electrons. The lowest BCUT2D eigenvalue weighted by atomic mass is 9.97. The third-order valence-electron chi connectivity index (χ3n) is 18.5. The molecule has 6 atom stereocenters. The van der Waals surface area contributed by atoms with E-state index >= 15 is 0 Å². The maximum absolute atomic E-state index is 7.03. The van der Waals surface area contributed by atoms with Crippen LogP contribution in [0, 0.1) is 77.9 Å². The van der Waals surface area contributed by atoms with Crippen LogP contribution in [0.15, 0.2) is 40.9 Å². The second kappa shape index (κ2) is 46.5. The van der Waals surface area contributed by atoms with E-state index < -0.39 is 0 Å². The summed E-state index contributed by atoms with van der Waals surface area (Å²) in [6, 6.07) is 13.2. The summed E-state index contributed by atoms with van der Waals surface area (Å²) in [4.78, 5) is 0. The quantitative estimate of drug-likeness (QED) is 0.0525. The summed E-state index contributed by atoms with van der Waals surface area (Å²) in [5.41, 5.74) is 5.04. The van der Waals surface area contributed by atoms with Crippen LogP contribution in [0.5, 0.6) is 34.5 Å². The van der Waals surface area contributed by atoms with Crippen molar-refractivity contribution in [3.05, 3.63) is 68.7 Å². The number of ether oxygens (including phenoxy) is 6. The van der Waals surface area contributed by atoms with E-state index in [0.717, 1.165) is 129 Å². The van der Waals surface area contributed by atoms with Gasteiger partial charge in [0.2, 0.25) is 0 Å². The SMILES string of the molecule is Cc1cc(OCC[C@@H](C)CCCC(C)C)c(/C=C/c2cc(OCC[C@@H](C)CCCC(C)C)c(/C=C/c3cc(OCC[C@@H](C)CCCC(C)C)c(Br)cc3OCC[C@@H](C)CCCC(C)C)cc2OCC[C@@H](C)CCCC(C)C)cc1OCC[C@@H](C)CCCC(C)C. The summed E-state index contributed by atoms with van der Waals surface area (Å²) >= 11 is 3.93. The Bertz CT molecular complexity index is 2230. The van der Waals surface area contributed by atoms with Gasteiger partial charge in [-0.05, 0) is 174 Å². The number of aryl methyl sites for hydroxylation is 1. The molecule has 3 aromatic rings. The first-order valence-corrected chi connectivity index (χ1v) is 38.0. The molecule has 6 nitrogen and oxygen atoms in total. The Morgan fingerprint density at radius 2 is 0.456 bits per heavy atom. The van der Waals surface area contributed by atoms with E-state index in [4.69, 9.17) is 28.4 Å². The number of rotatable bonds is 52. The van der Waals surface area contributed by atoms with E-state index in [1.807, 2.05) is 0 Å². The molecule has 0 saturated heterocycles. The normalized spacial score (nSPS) is 14.2. The van der Waals surface area contributed by atoms with Crippen molar-refractivity contribution in [3.63, 3.8) is 0 Å². The molecule has 90 heavy (non-hydrogen) atoms. The molecule has 0 bridgehead atoms. The highest BCUT2D eigenvalue weighted by Gasteiger charge is 2.18. The summed E-state index contributed by atoms with van der Waals surface area (Å²) < 4.78 is 41.9. The number of hydrogen-bond acceptors (Lipinski definition) is 6. The topological polar surface area (TPSA) is 55.4 Å². The number of benzene rings is 3. The van der Waals surface area contributed by atoms with Crippen LogP contribution in [-0.4, -0.2) is 39.6 Å². The lowest BCUT2D eigenvalue weighted by Crippen LogP contribution is -2.08. The zero-order valence-corrected chi connectivity index (χ0v) is 63.3. The Kier molecular flexibility index (Phi) is 41.7. The molecule has 0 amide bonds.